The molecule has 3 nitrogen and oxygen atoms in total. The lowest BCUT2D eigenvalue weighted by molar-refractivity contribution is -0.274. The summed E-state index contributed by atoms with van der Waals surface area (Å²) in [6.07, 6.45) is -0.899. The van der Waals surface area contributed by atoms with E-state index in [2.05, 4.69) is 4.74 Å². The van der Waals surface area contributed by atoms with Crippen molar-refractivity contribution in [3.05, 3.63) is 29.8 Å². The molecular weight excluding hydrogens is 285 g/mol. The number of benzene rings is 1. The minimum absolute atomic E-state index is 0.113. The molecule has 2 unspecified atom stereocenters. The maximum atomic E-state index is 12.1. The third-order valence-electron chi connectivity index (χ3n) is 4.10. The van der Waals surface area contributed by atoms with Gasteiger partial charge < -0.3 is 14.6 Å². The lowest BCUT2D eigenvalue weighted by Crippen LogP contribution is -2.42. The second-order valence-electron chi connectivity index (χ2n) is 5.96. The van der Waals surface area contributed by atoms with Gasteiger partial charge >= 0.3 is 6.36 Å². The highest BCUT2D eigenvalue weighted by Gasteiger charge is 2.43. The topological polar surface area (TPSA) is 38.7 Å². The molecule has 2 aliphatic rings. The van der Waals surface area contributed by atoms with Crippen LogP contribution in [0.3, 0.4) is 0 Å². The summed E-state index contributed by atoms with van der Waals surface area (Å²) in [7, 11) is 0. The Morgan fingerprint density at radius 1 is 1.14 bits per heavy atom. The Morgan fingerprint density at radius 2 is 1.71 bits per heavy atom. The molecule has 116 valence electrons. The van der Waals surface area contributed by atoms with E-state index < -0.39 is 12.0 Å². The Kier molecular flexibility index (Phi) is 3.61. The van der Waals surface area contributed by atoms with Gasteiger partial charge in [0.05, 0.1) is 17.8 Å². The van der Waals surface area contributed by atoms with Gasteiger partial charge in [-0.25, -0.2) is 0 Å². The van der Waals surface area contributed by atoms with Crippen LogP contribution < -0.4 is 4.74 Å². The van der Waals surface area contributed by atoms with Crippen LogP contribution in [0.15, 0.2) is 24.3 Å². The Balaban J connectivity index is 1.65. The van der Waals surface area contributed by atoms with Crippen molar-refractivity contribution in [2.75, 3.05) is 0 Å². The van der Waals surface area contributed by atoms with Crippen molar-refractivity contribution in [3.8, 4) is 5.75 Å². The maximum Gasteiger partial charge on any atom is 0.573 e. The van der Waals surface area contributed by atoms with Gasteiger partial charge in [0.15, 0.2) is 0 Å². The smallest absolute Gasteiger partial charge is 0.406 e. The maximum absolute atomic E-state index is 12.1. The van der Waals surface area contributed by atoms with Crippen molar-refractivity contribution < 1.29 is 27.8 Å². The number of halogens is 3. The molecule has 1 aromatic carbocycles. The van der Waals surface area contributed by atoms with E-state index in [1.54, 1.807) is 12.1 Å². The van der Waals surface area contributed by atoms with Crippen LogP contribution >= 0.6 is 0 Å². The van der Waals surface area contributed by atoms with Crippen LogP contribution in [0.2, 0.25) is 0 Å². The summed E-state index contributed by atoms with van der Waals surface area (Å²) in [6.45, 7) is 0. The van der Waals surface area contributed by atoms with Gasteiger partial charge in [-0.3, -0.25) is 0 Å². The number of ether oxygens (including phenoxy) is 2. The van der Waals surface area contributed by atoms with E-state index in [-0.39, 0.29) is 18.0 Å². The number of hydrogen-bond acceptors (Lipinski definition) is 3. The summed E-state index contributed by atoms with van der Waals surface area (Å²) in [4.78, 5) is 0. The molecule has 6 heteroatoms. The number of hydrogen-bond donors (Lipinski definition) is 1. The van der Waals surface area contributed by atoms with E-state index in [0.29, 0.717) is 19.3 Å². The minimum atomic E-state index is -4.68. The average molecular weight is 302 g/mol. The van der Waals surface area contributed by atoms with E-state index in [9.17, 15) is 18.3 Å². The molecule has 2 heterocycles. The van der Waals surface area contributed by atoms with Crippen molar-refractivity contribution >= 4 is 0 Å². The SMILES string of the molecule is OC1(Cc2ccc(OC(F)(F)F)cc2)CC2CCC(C1)O2. The summed E-state index contributed by atoms with van der Waals surface area (Å²) in [5, 5.41) is 10.7. The quantitative estimate of drug-likeness (QED) is 0.932. The summed E-state index contributed by atoms with van der Waals surface area (Å²) in [5.41, 5.74) is -0.0236. The summed E-state index contributed by atoms with van der Waals surface area (Å²) >= 11 is 0. The lowest BCUT2D eigenvalue weighted by atomic mass is 9.84. The molecule has 1 aromatic rings. The number of alkyl halides is 3. The monoisotopic (exact) mass is 302 g/mol. The van der Waals surface area contributed by atoms with Crippen molar-refractivity contribution in [3.63, 3.8) is 0 Å². The average Bonchev–Trinajstić information content (AvgIpc) is 2.70. The summed E-state index contributed by atoms with van der Waals surface area (Å²) in [5.74, 6) is -0.245. The van der Waals surface area contributed by atoms with Crippen LogP contribution in [-0.4, -0.2) is 29.3 Å². The van der Waals surface area contributed by atoms with Crippen LogP contribution in [0.25, 0.3) is 0 Å². The summed E-state index contributed by atoms with van der Waals surface area (Å²) < 4.78 is 45.8. The molecule has 0 amide bonds. The third-order valence-corrected chi connectivity index (χ3v) is 4.10. The van der Waals surface area contributed by atoms with Crippen molar-refractivity contribution in [1.82, 2.24) is 0 Å². The van der Waals surface area contributed by atoms with Crippen LogP contribution in [0.5, 0.6) is 5.75 Å². The zero-order chi connectivity index (χ0) is 15.1. The minimum Gasteiger partial charge on any atom is -0.406 e. The van der Waals surface area contributed by atoms with Crippen molar-refractivity contribution in [1.29, 1.82) is 0 Å². The second kappa shape index (κ2) is 5.18. The van der Waals surface area contributed by atoms with E-state index >= 15 is 0 Å². The van der Waals surface area contributed by atoms with Gasteiger partial charge in [-0.1, -0.05) is 12.1 Å². The number of fused-ring (bicyclic) bond motifs is 2. The fourth-order valence-electron chi connectivity index (χ4n) is 3.34. The van der Waals surface area contributed by atoms with Crippen LogP contribution in [-0.2, 0) is 11.2 Å². The van der Waals surface area contributed by atoms with Gasteiger partial charge in [0.1, 0.15) is 5.75 Å². The highest BCUT2D eigenvalue weighted by molar-refractivity contribution is 5.28. The Hall–Kier alpha value is -1.27. The third kappa shape index (κ3) is 3.68. The van der Waals surface area contributed by atoms with E-state index in [1.165, 1.54) is 12.1 Å². The Morgan fingerprint density at radius 3 is 2.24 bits per heavy atom. The molecule has 2 atom stereocenters. The predicted octanol–water partition coefficient (Wildman–Crippen LogP) is 3.20. The first kappa shape index (κ1) is 14.7. The zero-order valence-corrected chi connectivity index (χ0v) is 11.4. The molecule has 0 aromatic heterocycles. The van der Waals surface area contributed by atoms with Crippen LogP contribution in [0, 0.1) is 0 Å². The molecule has 21 heavy (non-hydrogen) atoms. The van der Waals surface area contributed by atoms with Crippen LogP contribution in [0.4, 0.5) is 13.2 Å². The van der Waals surface area contributed by atoms with Gasteiger partial charge in [-0.15, -0.1) is 13.2 Å². The van der Waals surface area contributed by atoms with Gasteiger partial charge in [0.25, 0.3) is 0 Å². The molecule has 2 bridgehead atoms. The summed E-state index contributed by atoms with van der Waals surface area (Å²) in [6, 6.07) is 5.69. The number of rotatable bonds is 3. The fraction of sp³-hybridized carbons (Fsp3) is 0.600. The van der Waals surface area contributed by atoms with Crippen molar-refractivity contribution in [2.45, 2.75) is 56.3 Å². The van der Waals surface area contributed by atoms with Gasteiger partial charge in [-0.05, 0) is 30.5 Å². The van der Waals surface area contributed by atoms with Crippen molar-refractivity contribution in [2.24, 2.45) is 0 Å². The second-order valence-corrected chi connectivity index (χ2v) is 5.96. The molecule has 0 radical (unpaired) electrons. The predicted molar refractivity (Wildman–Crippen MR) is 68.9 cm³/mol. The molecule has 2 saturated heterocycles. The first-order chi connectivity index (χ1) is 9.81. The molecule has 0 saturated carbocycles. The largest absolute Gasteiger partial charge is 0.573 e. The molecule has 2 aliphatic heterocycles. The lowest BCUT2D eigenvalue weighted by Gasteiger charge is -2.36. The Labute approximate surface area is 120 Å². The Bertz CT molecular complexity index is 486. The standard InChI is InChI=1S/C15H17F3O3/c16-15(17,18)21-11-3-1-10(2-4-11)7-14(19)8-12-5-6-13(9-14)20-12/h1-4,12-13,19H,5-9H2. The normalized spacial score (nSPS) is 32.2. The first-order valence-electron chi connectivity index (χ1n) is 7.04. The molecule has 1 N–H and O–H groups in total. The first-order valence-corrected chi connectivity index (χ1v) is 7.04. The zero-order valence-electron chi connectivity index (χ0n) is 11.4. The number of aliphatic hydroxyl groups is 1. The van der Waals surface area contributed by atoms with Crippen LogP contribution in [0.1, 0.15) is 31.2 Å². The van der Waals surface area contributed by atoms with Gasteiger partial charge in [0.2, 0.25) is 0 Å². The highest BCUT2D eigenvalue weighted by Crippen LogP contribution is 2.40. The molecule has 2 fully saturated rings. The molecular formula is C15H17F3O3. The van der Waals surface area contributed by atoms with E-state index in [0.717, 1.165) is 18.4 Å². The van der Waals surface area contributed by atoms with Gasteiger partial charge in [-0.2, -0.15) is 0 Å². The molecule has 0 aliphatic carbocycles. The molecule has 0 spiro atoms. The van der Waals surface area contributed by atoms with E-state index in [4.69, 9.17) is 4.74 Å². The fourth-order valence-corrected chi connectivity index (χ4v) is 3.34. The highest BCUT2D eigenvalue weighted by atomic mass is 19.4. The van der Waals surface area contributed by atoms with E-state index in [1.807, 2.05) is 0 Å². The van der Waals surface area contributed by atoms with Gasteiger partial charge in [0, 0.05) is 19.3 Å². The molecule has 3 rings (SSSR count).